The van der Waals surface area contributed by atoms with Crippen LogP contribution >= 0.6 is 0 Å². The van der Waals surface area contributed by atoms with Crippen molar-refractivity contribution in [1.29, 1.82) is 0 Å². The van der Waals surface area contributed by atoms with Crippen LogP contribution in [0.25, 0.3) is 10.8 Å². The van der Waals surface area contributed by atoms with Crippen LogP contribution in [0.5, 0.6) is 0 Å². The number of likely N-dealkylation sites (tertiary alicyclic amines) is 1. The molecule has 1 unspecified atom stereocenters. The first kappa shape index (κ1) is 27.2. The highest BCUT2D eigenvalue weighted by Gasteiger charge is 2.23. The molecule has 1 amide bonds. The molecule has 5 nitrogen and oxygen atoms in total. The van der Waals surface area contributed by atoms with Gasteiger partial charge in [-0.15, -0.1) is 0 Å². The highest BCUT2D eigenvalue weighted by molar-refractivity contribution is 5.85. The number of amides is 1. The van der Waals surface area contributed by atoms with Gasteiger partial charge in [-0.2, -0.15) is 0 Å². The number of carbonyl (C=O) groups excluding carboxylic acids is 1. The van der Waals surface area contributed by atoms with Gasteiger partial charge in [0.15, 0.2) is 0 Å². The Bertz CT molecular complexity index is 1120. The number of rotatable bonds is 14. The number of halogens is 1. The molecule has 1 aliphatic heterocycles. The number of hydroxylamine groups is 1. The zero-order valence-electron chi connectivity index (χ0n) is 21.7. The average Bonchev–Trinajstić information content (AvgIpc) is 3.37. The molecule has 1 atom stereocenters. The van der Waals surface area contributed by atoms with Gasteiger partial charge in [-0.05, 0) is 91.7 Å². The summed E-state index contributed by atoms with van der Waals surface area (Å²) in [5, 5.41) is 11.3. The maximum Gasteiger partial charge on any atom is 0.243 e. The Balaban J connectivity index is 1.28. The minimum Gasteiger partial charge on any atom is -0.303 e. The summed E-state index contributed by atoms with van der Waals surface area (Å²) in [5.41, 5.74) is 4.29. The van der Waals surface area contributed by atoms with Crippen LogP contribution in [0.4, 0.5) is 4.39 Å². The van der Waals surface area contributed by atoms with Crippen molar-refractivity contribution in [3.63, 3.8) is 0 Å². The van der Waals surface area contributed by atoms with Gasteiger partial charge in [-0.3, -0.25) is 14.9 Å². The Hall–Kier alpha value is -2.80. The van der Waals surface area contributed by atoms with Crippen LogP contribution in [0.2, 0.25) is 0 Å². The molecule has 198 valence electrons. The van der Waals surface area contributed by atoms with E-state index in [2.05, 4.69) is 52.3 Å². The second-order valence-electron chi connectivity index (χ2n) is 10.4. The molecule has 0 aromatic heterocycles. The lowest BCUT2D eigenvalue weighted by Crippen LogP contribution is -2.30. The van der Waals surface area contributed by atoms with Crippen LogP contribution in [0, 0.1) is 11.7 Å². The van der Waals surface area contributed by atoms with Gasteiger partial charge >= 0.3 is 0 Å². The van der Waals surface area contributed by atoms with Crippen LogP contribution in [0.15, 0.2) is 66.7 Å². The summed E-state index contributed by atoms with van der Waals surface area (Å²) in [6.07, 6.45) is 6.62. The second kappa shape index (κ2) is 14.2. The first-order valence-electron chi connectivity index (χ1n) is 13.7. The van der Waals surface area contributed by atoms with Crippen LogP contribution < -0.4 is 5.48 Å². The predicted octanol–water partition coefficient (Wildman–Crippen LogP) is 5.80. The third-order valence-corrected chi connectivity index (χ3v) is 7.62. The smallest absolute Gasteiger partial charge is 0.243 e. The first-order valence-corrected chi connectivity index (χ1v) is 13.7. The molecule has 2 N–H and O–H groups in total. The highest BCUT2D eigenvalue weighted by Crippen LogP contribution is 2.23. The first-order chi connectivity index (χ1) is 18.1. The largest absolute Gasteiger partial charge is 0.303 e. The molecule has 1 aliphatic rings. The lowest BCUT2D eigenvalue weighted by atomic mass is 10.0. The number of unbranched alkanes of at least 4 members (excludes halogenated alkanes) is 2. The Labute approximate surface area is 220 Å². The fraction of sp³-hybridized carbons (Fsp3) is 0.452. The maximum atomic E-state index is 13.2. The van der Waals surface area contributed by atoms with Gasteiger partial charge in [0.2, 0.25) is 5.91 Å². The fourth-order valence-electron chi connectivity index (χ4n) is 5.48. The summed E-state index contributed by atoms with van der Waals surface area (Å²) in [7, 11) is 0. The lowest BCUT2D eigenvalue weighted by Gasteiger charge is -2.24. The summed E-state index contributed by atoms with van der Waals surface area (Å²) >= 11 is 0. The third kappa shape index (κ3) is 8.63. The molecule has 6 heteroatoms. The second-order valence-corrected chi connectivity index (χ2v) is 10.4. The minimum atomic E-state index is -0.306. The minimum absolute atomic E-state index is 0.177. The van der Waals surface area contributed by atoms with E-state index in [-0.39, 0.29) is 11.7 Å². The van der Waals surface area contributed by atoms with E-state index in [1.54, 1.807) is 17.6 Å². The van der Waals surface area contributed by atoms with Crippen LogP contribution in [-0.2, 0) is 17.8 Å². The summed E-state index contributed by atoms with van der Waals surface area (Å²) < 4.78 is 13.2. The van der Waals surface area contributed by atoms with E-state index < -0.39 is 0 Å². The average molecular weight is 506 g/mol. The van der Waals surface area contributed by atoms with Crippen LogP contribution in [0.1, 0.15) is 49.7 Å². The number of benzene rings is 3. The molecule has 3 aromatic rings. The highest BCUT2D eigenvalue weighted by atomic mass is 19.1. The van der Waals surface area contributed by atoms with Gasteiger partial charge in [-0.1, -0.05) is 61.0 Å². The van der Waals surface area contributed by atoms with Crippen molar-refractivity contribution in [2.24, 2.45) is 5.92 Å². The molecule has 0 saturated carbocycles. The molecule has 1 heterocycles. The van der Waals surface area contributed by atoms with Gasteiger partial charge in [0.1, 0.15) is 5.82 Å². The zero-order chi connectivity index (χ0) is 25.9. The van der Waals surface area contributed by atoms with E-state index in [9.17, 15) is 9.18 Å². The van der Waals surface area contributed by atoms with Gasteiger partial charge in [0.25, 0.3) is 0 Å². The summed E-state index contributed by atoms with van der Waals surface area (Å²) in [6.45, 7) is 6.23. The lowest BCUT2D eigenvalue weighted by molar-refractivity contribution is -0.129. The fourth-order valence-corrected chi connectivity index (χ4v) is 5.48. The number of fused-ring (bicyclic) bond motifs is 1. The standard InChI is InChI=1S/C31H40FN3O2/c32-29-14-12-25(13-15-29)23-35-21-17-26(24-35)16-20-34(19-5-1-2-11-31(36)33-37)22-18-28-9-6-8-27-7-3-4-10-30(27)28/h3-4,6-10,12-15,26,37H,1-2,5,11,16-24H2,(H,33,36). The molecule has 0 bridgehead atoms. The molecule has 0 radical (unpaired) electrons. The van der Waals surface area contributed by atoms with Crippen molar-refractivity contribution in [3.05, 3.63) is 83.7 Å². The molecule has 0 spiro atoms. The Morgan fingerprint density at radius 3 is 2.62 bits per heavy atom. The predicted molar refractivity (Wildman–Crippen MR) is 147 cm³/mol. The number of nitrogens with zero attached hydrogens (tertiary/aromatic N) is 2. The van der Waals surface area contributed by atoms with E-state index >= 15 is 0 Å². The number of carbonyl (C=O) groups is 1. The number of hydrogen-bond acceptors (Lipinski definition) is 4. The van der Waals surface area contributed by atoms with Crippen molar-refractivity contribution in [1.82, 2.24) is 15.3 Å². The van der Waals surface area contributed by atoms with Crippen LogP contribution in [-0.4, -0.2) is 53.6 Å². The van der Waals surface area contributed by atoms with Gasteiger partial charge in [0.05, 0.1) is 0 Å². The molecule has 0 aliphatic carbocycles. The van der Waals surface area contributed by atoms with Gasteiger partial charge < -0.3 is 4.90 Å². The zero-order valence-corrected chi connectivity index (χ0v) is 21.7. The van der Waals surface area contributed by atoms with E-state index in [1.165, 1.54) is 34.7 Å². The van der Waals surface area contributed by atoms with Crippen LogP contribution in [0.3, 0.4) is 0 Å². The van der Waals surface area contributed by atoms with Crippen molar-refractivity contribution in [3.8, 4) is 0 Å². The quantitative estimate of drug-likeness (QED) is 0.165. The van der Waals surface area contributed by atoms with Gasteiger partial charge in [-0.25, -0.2) is 9.87 Å². The topological polar surface area (TPSA) is 55.8 Å². The number of hydrogen-bond donors (Lipinski definition) is 2. The molecular weight excluding hydrogens is 465 g/mol. The summed E-state index contributed by atoms with van der Waals surface area (Å²) in [5.74, 6) is 0.205. The normalized spacial score (nSPS) is 16.0. The van der Waals surface area contributed by atoms with E-state index in [4.69, 9.17) is 5.21 Å². The van der Waals surface area contributed by atoms with E-state index in [1.807, 2.05) is 12.1 Å². The molecule has 3 aromatic carbocycles. The molecule has 1 fully saturated rings. The molecule has 4 rings (SSSR count). The van der Waals surface area contributed by atoms with E-state index in [0.717, 1.165) is 65.0 Å². The van der Waals surface area contributed by atoms with E-state index in [0.29, 0.717) is 12.3 Å². The Morgan fingerprint density at radius 2 is 1.78 bits per heavy atom. The van der Waals surface area contributed by atoms with Crippen molar-refractivity contribution < 1.29 is 14.4 Å². The molecule has 1 saturated heterocycles. The number of nitrogens with one attached hydrogen (secondary N) is 1. The van der Waals surface area contributed by atoms with Gasteiger partial charge in [0, 0.05) is 26.1 Å². The summed E-state index contributed by atoms with van der Waals surface area (Å²) in [6, 6.07) is 22.1. The Morgan fingerprint density at radius 1 is 0.973 bits per heavy atom. The van der Waals surface area contributed by atoms with Crippen molar-refractivity contribution in [2.45, 2.75) is 51.5 Å². The molecular formula is C31H40FN3O2. The van der Waals surface area contributed by atoms with Crippen molar-refractivity contribution in [2.75, 3.05) is 32.7 Å². The molecule has 37 heavy (non-hydrogen) atoms. The van der Waals surface area contributed by atoms with Crippen molar-refractivity contribution >= 4 is 16.7 Å². The maximum absolute atomic E-state index is 13.2. The monoisotopic (exact) mass is 505 g/mol. The third-order valence-electron chi connectivity index (χ3n) is 7.62. The Kier molecular flexibility index (Phi) is 10.5. The summed E-state index contributed by atoms with van der Waals surface area (Å²) in [4.78, 5) is 16.4. The SMILES string of the molecule is O=C(CCCCCN(CCc1cccc2ccccc12)CCC1CCN(Cc2ccc(F)cc2)C1)NO.